The summed E-state index contributed by atoms with van der Waals surface area (Å²) in [7, 11) is -1.09. The van der Waals surface area contributed by atoms with Crippen LogP contribution in [0.25, 0.3) is 0 Å². The number of rotatable bonds is 5. The van der Waals surface area contributed by atoms with Gasteiger partial charge in [-0.05, 0) is 12.1 Å². The van der Waals surface area contributed by atoms with E-state index < -0.39 is 29.3 Å². The molecule has 0 spiro atoms. The van der Waals surface area contributed by atoms with Gasteiger partial charge in [-0.3, -0.25) is 13.9 Å². The second-order valence-corrected chi connectivity index (χ2v) is 6.95. The molecule has 0 N–H and O–H groups in total. The minimum Gasteiger partial charge on any atom is -0.340 e. The SMILES string of the molecule is O=C(CC(F)(F)F)N1CCN(CCS(=O)c2ccccc2)CC1. The molecule has 1 aromatic rings. The van der Waals surface area contributed by atoms with Gasteiger partial charge in [0.2, 0.25) is 5.91 Å². The Kier molecular flexibility index (Phi) is 6.17. The van der Waals surface area contributed by atoms with E-state index in [1.807, 2.05) is 35.2 Å². The number of amides is 1. The van der Waals surface area contributed by atoms with Crippen LogP contribution in [0.15, 0.2) is 35.2 Å². The molecule has 128 valence electrons. The van der Waals surface area contributed by atoms with Crippen molar-refractivity contribution < 1.29 is 22.2 Å². The third-order valence-corrected chi connectivity index (χ3v) is 5.03. The minimum absolute atomic E-state index is 0.285. The van der Waals surface area contributed by atoms with Gasteiger partial charge >= 0.3 is 6.18 Å². The Labute approximate surface area is 135 Å². The molecule has 1 unspecified atom stereocenters. The van der Waals surface area contributed by atoms with Crippen molar-refractivity contribution in [3.63, 3.8) is 0 Å². The fourth-order valence-electron chi connectivity index (χ4n) is 2.41. The summed E-state index contributed by atoms with van der Waals surface area (Å²) in [6.07, 6.45) is -5.86. The van der Waals surface area contributed by atoms with Crippen LogP contribution < -0.4 is 0 Å². The zero-order valence-corrected chi connectivity index (χ0v) is 13.4. The van der Waals surface area contributed by atoms with E-state index in [1.54, 1.807) is 0 Å². The van der Waals surface area contributed by atoms with E-state index in [2.05, 4.69) is 0 Å². The highest BCUT2D eigenvalue weighted by molar-refractivity contribution is 7.85. The van der Waals surface area contributed by atoms with Gasteiger partial charge in [0.05, 0.1) is 10.8 Å². The second-order valence-electron chi connectivity index (χ2n) is 5.38. The molecule has 0 aliphatic carbocycles. The molecule has 0 saturated carbocycles. The normalized spacial score (nSPS) is 18.0. The van der Waals surface area contributed by atoms with Gasteiger partial charge < -0.3 is 4.90 Å². The maximum absolute atomic E-state index is 12.2. The van der Waals surface area contributed by atoms with Crippen LogP contribution in [0, 0.1) is 0 Å². The Bertz CT molecular complexity index is 543. The molecule has 1 atom stereocenters. The molecule has 0 aromatic heterocycles. The first-order valence-corrected chi connectivity index (χ1v) is 8.67. The van der Waals surface area contributed by atoms with E-state index in [9.17, 15) is 22.2 Å². The summed E-state index contributed by atoms with van der Waals surface area (Å²) in [5.74, 6) is -0.398. The highest BCUT2D eigenvalue weighted by Crippen LogP contribution is 2.21. The number of nitrogens with zero attached hydrogens (tertiary/aromatic N) is 2. The molecule has 1 aromatic carbocycles. The Balaban J connectivity index is 1.73. The van der Waals surface area contributed by atoms with E-state index in [-0.39, 0.29) is 13.1 Å². The van der Waals surface area contributed by atoms with Gasteiger partial charge in [0.25, 0.3) is 0 Å². The molecule has 0 radical (unpaired) electrons. The van der Waals surface area contributed by atoms with Gasteiger partial charge in [-0.15, -0.1) is 0 Å². The Morgan fingerprint density at radius 1 is 1.09 bits per heavy atom. The Morgan fingerprint density at radius 3 is 2.26 bits per heavy atom. The molecule has 2 rings (SSSR count). The molecule has 1 amide bonds. The highest BCUT2D eigenvalue weighted by Gasteiger charge is 2.34. The first kappa shape index (κ1) is 17.9. The van der Waals surface area contributed by atoms with Crippen LogP contribution in [-0.4, -0.2) is 64.6 Å². The summed E-state index contributed by atoms with van der Waals surface area (Å²) in [6.45, 7) is 2.19. The Morgan fingerprint density at radius 2 is 1.70 bits per heavy atom. The summed E-state index contributed by atoms with van der Waals surface area (Å²) in [6, 6.07) is 9.14. The van der Waals surface area contributed by atoms with Crippen molar-refractivity contribution >= 4 is 16.7 Å². The van der Waals surface area contributed by atoms with Crippen molar-refractivity contribution in [2.45, 2.75) is 17.5 Å². The maximum atomic E-state index is 12.2. The number of halogens is 3. The van der Waals surface area contributed by atoms with Crippen LogP contribution in [0.3, 0.4) is 0 Å². The topological polar surface area (TPSA) is 40.6 Å². The molecule has 23 heavy (non-hydrogen) atoms. The maximum Gasteiger partial charge on any atom is 0.397 e. The van der Waals surface area contributed by atoms with Crippen molar-refractivity contribution in [1.82, 2.24) is 9.80 Å². The number of alkyl halides is 3. The quantitative estimate of drug-likeness (QED) is 0.816. The summed E-state index contributed by atoms with van der Waals surface area (Å²) in [5.41, 5.74) is 0. The monoisotopic (exact) mass is 348 g/mol. The lowest BCUT2D eigenvalue weighted by molar-refractivity contribution is -0.162. The number of benzene rings is 1. The van der Waals surface area contributed by atoms with Crippen LogP contribution in [0.4, 0.5) is 13.2 Å². The Hall–Kier alpha value is -1.41. The molecule has 0 bridgehead atoms. The van der Waals surface area contributed by atoms with E-state index in [1.165, 1.54) is 4.90 Å². The second kappa shape index (κ2) is 7.92. The lowest BCUT2D eigenvalue weighted by Crippen LogP contribution is -2.50. The zero-order chi connectivity index (χ0) is 16.9. The van der Waals surface area contributed by atoms with Crippen molar-refractivity contribution in [2.24, 2.45) is 0 Å². The van der Waals surface area contributed by atoms with Crippen LogP contribution in [-0.2, 0) is 15.6 Å². The van der Waals surface area contributed by atoms with Crippen LogP contribution in [0.2, 0.25) is 0 Å². The summed E-state index contributed by atoms with van der Waals surface area (Å²) in [4.78, 5) is 15.6. The molecule has 1 saturated heterocycles. The van der Waals surface area contributed by atoms with Gasteiger partial charge in [0.1, 0.15) is 6.42 Å². The molecule has 1 fully saturated rings. The van der Waals surface area contributed by atoms with E-state index in [4.69, 9.17) is 0 Å². The summed E-state index contributed by atoms with van der Waals surface area (Å²) in [5, 5.41) is 0. The van der Waals surface area contributed by atoms with Gasteiger partial charge in [0.15, 0.2) is 0 Å². The van der Waals surface area contributed by atoms with Gasteiger partial charge in [0, 0.05) is 43.4 Å². The van der Waals surface area contributed by atoms with Gasteiger partial charge in [-0.1, -0.05) is 18.2 Å². The number of carbonyl (C=O) groups is 1. The largest absolute Gasteiger partial charge is 0.397 e. The van der Waals surface area contributed by atoms with Crippen LogP contribution >= 0.6 is 0 Å². The highest BCUT2D eigenvalue weighted by atomic mass is 32.2. The molecular formula is C15H19F3N2O2S. The average molecular weight is 348 g/mol. The zero-order valence-electron chi connectivity index (χ0n) is 12.6. The predicted molar refractivity (Wildman–Crippen MR) is 81.4 cm³/mol. The van der Waals surface area contributed by atoms with E-state index in [0.717, 1.165) is 4.90 Å². The molecule has 4 nitrogen and oxygen atoms in total. The fraction of sp³-hybridized carbons (Fsp3) is 0.533. The standard InChI is InChI=1S/C15H19F3N2O2S/c16-15(17,18)12-14(21)20-8-6-19(7-9-20)10-11-23(22)13-4-2-1-3-5-13/h1-5H,6-12H2. The smallest absolute Gasteiger partial charge is 0.340 e. The lowest BCUT2D eigenvalue weighted by atomic mass is 10.2. The van der Waals surface area contributed by atoms with Gasteiger partial charge in [-0.25, -0.2) is 0 Å². The molecule has 1 aliphatic heterocycles. The molecular weight excluding hydrogens is 329 g/mol. The number of hydrogen-bond donors (Lipinski definition) is 0. The molecule has 1 heterocycles. The van der Waals surface area contributed by atoms with Crippen LogP contribution in [0.5, 0.6) is 0 Å². The van der Waals surface area contributed by atoms with Crippen molar-refractivity contribution in [2.75, 3.05) is 38.5 Å². The molecule has 1 aliphatic rings. The lowest BCUT2D eigenvalue weighted by Gasteiger charge is -2.34. The summed E-state index contributed by atoms with van der Waals surface area (Å²) >= 11 is 0. The molecule has 8 heteroatoms. The van der Waals surface area contributed by atoms with E-state index in [0.29, 0.717) is 25.4 Å². The number of piperazine rings is 1. The summed E-state index contributed by atoms with van der Waals surface area (Å²) < 4.78 is 48.8. The van der Waals surface area contributed by atoms with Crippen molar-refractivity contribution in [3.8, 4) is 0 Å². The minimum atomic E-state index is -4.46. The van der Waals surface area contributed by atoms with E-state index >= 15 is 0 Å². The number of hydrogen-bond acceptors (Lipinski definition) is 3. The fourth-order valence-corrected chi connectivity index (χ4v) is 3.53. The number of carbonyl (C=O) groups excluding carboxylic acids is 1. The first-order valence-electron chi connectivity index (χ1n) is 7.35. The third kappa shape index (κ3) is 5.95. The van der Waals surface area contributed by atoms with Crippen molar-refractivity contribution in [1.29, 1.82) is 0 Å². The first-order chi connectivity index (χ1) is 10.8. The van der Waals surface area contributed by atoms with Crippen molar-refractivity contribution in [3.05, 3.63) is 30.3 Å². The van der Waals surface area contributed by atoms with Gasteiger partial charge in [-0.2, -0.15) is 13.2 Å². The average Bonchev–Trinajstić information content (AvgIpc) is 2.52. The van der Waals surface area contributed by atoms with Crippen LogP contribution in [0.1, 0.15) is 6.42 Å². The third-order valence-electron chi connectivity index (χ3n) is 3.68. The predicted octanol–water partition coefficient (Wildman–Crippen LogP) is 1.89.